The molecule has 7 nitrogen and oxygen atoms in total. The molecular formula is C19H17IN2O5. The topological polar surface area (TPSA) is 83.2 Å². The van der Waals surface area contributed by atoms with Crippen molar-refractivity contribution in [2.45, 2.75) is 13.5 Å². The first kappa shape index (κ1) is 20.5. The van der Waals surface area contributed by atoms with Gasteiger partial charge in [-0.25, -0.2) is 0 Å². The number of nitrogens with zero attached hydrogens (tertiary/aromatic N) is 2. The van der Waals surface area contributed by atoms with E-state index in [0.29, 0.717) is 23.7 Å². The Morgan fingerprint density at radius 3 is 2.85 bits per heavy atom. The molecule has 2 rings (SSSR count). The Balaban J connectivity index is 2.07. The van der Waals surface area contributed by atoms with Gasteiger partial charge in [0.2, 0.25) is 0 Å². The Morgan fingerprint density at radius 2 is 2.15 bits per heavy atom. The van der Waals surface area contributed by atoms with Gasteiger partial charge >= 0.3 is 0 Å². The number of rotatable bonds is 9. The molecule has 0 spiro atoms. The maximum atomic E-state index is 10.8. The third-order valence-corrected chi connectivity index (χ3v) is 4.06. The van der Waals surface area contributed by atoms with Crippen LogP contribution < -0.4 is 9.47 Å². The second kappa shape index (κ2) is 10.4. The molecule has 140 valence electrons. The lowest BCUT2D eigenvalue weighted by molar-refractivity contribution is -0.384. The highest BCUT2D eigenvalue weighted by Gasteiger charge is 2.11. The van der Waals surface area contributed by atoms with Crippen LogP contribution in [0.25, 0.3) is 0 Å². The fraction of sp³-hybridized carbons (Fsp3) is 0.211. The second-order valence-corrected chi connectivity index (χ2v) is 6.35. The van der Waals surface area contributed by atoms with E-state index in [-0.39, 0.29) is 18.9 Å². The molecule has 0 aliphatic carbocycles. The molecule has 2 aromatic carbocycles. The van der Waals surface area contributed by atoms with Gasteiger partial charge in [-0.05, 0) is 47.2 Å². The summed E-state index contributed by atoms with van der Waals surface area (Å²) in [5, 5.41) is 14.7. The summed E-state index contributed by atoms with van der Waals surface area (Å²) in [6, 6.07) is 9.84. The van der Waals surface area contributed by atoms with Crippen molar-refractivity contribution >= 4 is 34.5 Å². The molecule has 0 fully saturated rings. The van der Waals surface area contributed by atoms with Gasteiger partial charge < -0.3 is 14.3 Å². The smallest absolute Gasteiger partial charge is 0.269 e. The molecule has 2 aromatic rings. The number of hydrogen-bond acceptors (Lipinski definition) is 6. The van der Waals surface area contributed by atoms with E-state index in [2.05, 4.69) is 33.7 Å². The van der Waals surface area contributed by atoms with Gasteiger partial charge in [-0.2, -0.15) is 0 Å². The van der Waals surface area contributed by atoms with Crippen molar-refractivity contribution in [2.75, 3.05) is 13.2 Å². The summed E-state index contributed by atoms with van der Waals surface area (Å²) in [6.45, 7) is 2.62. The van der Waals surface area contributed by atoms with E-state index in [9.17, 15) is 10.1 Å². The Labute approximate surface area is 170 Å². The first-order valence-corrected chi connectivity index (χ1v) is 9.04. The largest absolute Gasteiger partial charge is 0.490 e. The van der Waals surface area contributed by atoms with Crippen LogP contribution >= 0.6 is 22.6 Å². The van der Waals surface area contributed by atoms with E-state index in [1.165, 1.54) is 18.3 Å². The lowest BCUT2D eigenvalue weighted by Crippen LogP contribution is -2.02. The van der Waals surface area contributed by atoms with Crippen molar-refractivity contribution in [3.05, 3.63) is 61.2 Å². The highest BCUT2D eigenvalue weighted by Crippen LogP contribution is 2.33. The molecule has 0 aliphatic heterocycles. The quantitative estimate of drug-likeness (QED) is 0.177. The maximum absolute atomic E-state index is 10.8. The number of benzene rings is 2. The molecule has 0 unspecified atom stereocenters. The predicted octanol–water partition coefficient (Wildman–Crippen LogP) is 4.16. The minimum Gasteiger partial charge on any atom is -0.490 e. The van der Waals surface area contributed by atoms with E-state index >= 15 is 0 Å². The number of nitro benzene ring substituents is 1. The number of terminal acetylenes is 1. The van der Waals surface area contributed by atoms with Crippen LogP contribution in [0.1, 0.15) is 18.1 Å². The lowest BCUT2D eigenvalue weighted by atomic mass is 10.2. The molecule has 0 saturated heterocycles. The van der Waals surface area contributed by atoms with Crippen molar-refractivity contribution < 1.29 is 19.2 Å². The molecule has 0 radical (unpaired) electrons. The monoisotopic (exact) mass is 480 g/mol. The van der Waals surface area contributed by atoms with E-state index in [4.69, 9.17) is 20.7 Å². The molecule has 8 heteroatoms. The molecule has 0 bridgehead atoms. The summed E-state index contributed by atoms with van der Waals surface area (Å²) in [7, 11) is 0. The zero-order valence-corrected chi connectivity index (χ0v) is 16.7. The maximum Gasteiger partial charge on any atom is 0.269 e. The van der Waals surface area contributed by atoms with Gasteiger partial charge in [0.05, 0.1) is 21.3 Å². The molecular weight excluding hydrogens is 463 g/mol. The molecule has 0 N–H and O–H groups in total. The van der Waals surface area contributed by atoms with E-state index in [1.807, 2.05) is 13.0 Å². The zero-order valence-electron chi connectivity index (χ0n) is 14.6. The summed E-state index contributed by atoms with van der Waals surface area (Å²) in [5.74, 6) is 3.58. The van der Waals surface area contributed by atoms with E-state index < -0.39 is 4.92 Å². The summed E-state index contributed by atoms with van der Waals surface area (Å²) in [4.78, 5) is 15.6. The van der Waals surface area contributed by atoms with Crippen LogP contribution in [0.5, 0.6) is 11.5 Å². The summed E-state index contributed by atoms with van der Waals surface area (Å²) in [6.07, 6.45) is 6.78. The van der Waals surface area contributed by atoms with Crippen LogP contribution in [-0.2, 0) is 11.4 Å². The number of non-ortho nitro benzene ring substituents is 1. The van der Waals surface area contributed by atoms with Crippen LogP contribution in [-0.4, -0.2) is 24.4 Å². The minimum atomic E-state index is -0.451. The number of halogens is 1. The van der Waals surface area contributed by atoms with Gasteiger partial charge in [0, 0.05) is 17.7 Å². The van der Waals surface area contributed by atoms with Gasteiger partial charge in [0.1, 0.15) is 13.2 Å². The van der Waals surface area contributed by atoms with Gasteiger partial charge in [-0.15, -0.1) is 6.42 Å². The first-order chi connectivity index (χ1) is 13.0. The third-order valence-electron chi connectivity index (χ3n) is 3.26. The predicted molar refractivity (Wildman–Crippen MR) is 110 cm³/mol. The highest BCUT2D eigenvalue weighted by atomic mass is 127. The van der Waals surface area contributed by atoms with Crippen LogP contribution in [0.4, 0.5) is 5.69 Å². The van der Waals surface area contributed by atoms with Crippen LogP contribution in [0.3, 0.4) is 0 Å². The van der Waals surface area contributed by atoms with Crippen molar-refractivity contribution in [1.82, 2.24) is 0 Å². The third kappa shape index (κ3) is 6.14. The summed E-state index contributed by atoms with van der Waals surface area (Å²) in [5.41, 5.74) is 1.43. The highest BCUT2D eigenvalue weighted by molar-refractivity contribution is 14.1. The summed E-state index contributed by atoms with van der Waals surface area (Å²) >= 11 is 2.13. The van der Waals surface area contributed by atoms with E-state index in [1.54, 1.807) is 18.2 Å². The molecule has 0 saturated carbocycles. The average molecular weight is 480 g/mol. The standard InChI is InChI=1S/C19H17IN2O5/c1-3-8-26-19-17(20)10-15(11-18(19)25-4-2)12-21-27-13-14-6-5-7-16(9-14)22(23)24/h1,5-7,9-12H,4,8,13H2,2H3/b21-12-. The number of nitro groups is 1. The van der Waals surface area contributed by atoms with Crippen LogP contribution in [0.15, 0.2) is 41.6 Å². The number of hydrogen-bond donors (Lipinski definition) is 0. The Morgan fingerprint density at radius 1 is 1.33 bits per heavy atom. The van der Waals surface area contributed by atoms with E-state index in [0.717, 1.165) is 9.13 Å². The second-order valence-electron chi connectivity index (χ2n) is 5.19. The molecule has 0 atom stereocenters. The molecule has 0 aromatic heterocycles. The Kier molecular flexibility index (Phi) is 7.88. The molecule has 27 heavy (non-hydrogen) atoms. The molecule has 0 aliphatic rings. The number of oxime groups is 1. The Hall–Kier alpha value is -2.80. The minimum absolute atomic E-state index is 0.0125. The van der Waals surface area contributed by atoms with Crippen molar-refractivity contribution in [3.8, 4) is 23.8 Å². The van der Waals surface area contributed by atoms with Crippen molar-refractivity contribution in [1.29, 1.82) is 0 Å². The average Bonchev–Trinajstić information content (AvgIpc) is 2.65. The van der Waals surface area contributed by atoms with Crippen molar-refractivity contribution in [3.63, 3.8) is 0 Å². The van der Waals surface area contributed by atoms with Gasteiger partial charge in [0.15, 0.2) is 11.5 Å². The van der Waals surface area contributed by atoms with Crippen molar-refractivity contribution in [2.24, 2.45) is 5.16 Å². The zero-order chi connectivity index (χ0) is 19.6. The number of ether oxygens (including phenoxy) is 2. The van der Waals surface area contributed by atoms with Crippen LogP contribution in [0.2, 0.25) is 0 Å². The van der Waals surface area contributed by atoms with Gasteiger partial charge in [-0.1, -0.05) is 23.2 Å². The molecule has 0 amide bonds. The summed E-state index contributed by atoms with van der Waals surface area (Å²) < 4.78 is 12.0. The van der Waals surface area contributed by atoms with Gasteiger partial charge in [0.25, 0.3) is 5.69 Å². The first-order valence-electron chi connectivity index (χ1n) is 7.96. The fourth-order valence-electron chi connectivity index (χ4n) is 2.15. The lowest BCUT2D eigenvalue weighted by Gasteiger charge is -2.13. The Bertz CT molecular complexity index is 877. The molecule has 0 heterocycles. The van der Waals surface area contributed by atoms with Gasteiger partial charge in [-0.3, -0.25) is 10.1 Å². The SMILES string of the molecule is C#CCOc1c(I)cc(/C=N\OCc2cccc([N+](=O)[O-])c2)cc1OCC. The normalized spacial score (nSPS) is 10.4. The van der Waals surface area contributed by atoms with Crippen LogP contribution in [0, 0.1) is 26.0 Å². The fourth-order valence-corrected chi connectivity index (χ4v) is 2.93.